The van der Waals surface area contributed by atoms with Crippen molar-refractivity contribution in [3.8, 4) is 0 Å². The van der Waals surface area contributed by atoms with Crippen molar-refractivity contribution in [3.05, 3.63) is 60.2 Å². The summed E-state index contributed by atoms with van der Waals surface area (Å²) >= 11 is 0. The van der Waals surface area contributed by atoms with Crippen molar-refractivity contribution in [2.75, 3.05) is 0 Å². The molecule has 0 saturated carbocycles. The SMILES string of the molecule is CCCCCC=CCC=CCCCCCCCC(=O)NNCc1ccccc1. The first-order valence-electron chi connectivity index (χ1n) is 11.2. The number of hydrazine groups is 1. The van der Waals surface area contributed by atoms with Gasteiger partial charge < -0.3 is 0 Å². The summed E-state index contributed by atoms with van der Waals surface area (Å²) in [6, 6.07) is 10.1. The molecule has 28 heavy (non-hydrogen) atoms. The molecule has 0 spiro atoms. The fourth-order valence-corrected chi connectivity index (χ4v) is 3.00. The number of hydrogen-bond donors (Lipinski definition) is 2. The van der Waals surface area contributed by atoms with Crippen LogP contribution in [0.1, 0.15) is 89.5 Å². The summed E-state index contributed by atoms with van der Waals surface area (Å²) in [7, 11) is 0. The topological polar surface area (TPSA) is 41.1 Å². The van der Waals surface area contributed by atoms with E-state index < -0.39 is 0 Å². The third kappa shape index (κ3) is 15.2. The fraction of sp³-hybridized carbons (Fsp3) is 0.560. The van der Waals surface area contributed by atoms with E-state index in [2.05, 4.69) is 42.1 Å². The van der Waals surface area contributed by atoms with Gasteiger partial charge in [-0.3, -0.25) is 10.2 Å². The van der Waals surface area contributed by atoms with Crippen molar-refractivity contribution in [1.29, 1.82) is 0 Å². The Hall–Kier alpha value is -1.87. The largest absolute Gasteiger partial charge is 0.291 e. The Morgan fingerprint density at radius 2 is 1.46 bits per heavy atom. The third-order valence-electron chi connectivity index (χ3n) is 4.72. The van der Waals surface area contributed by atoms with E-state index in [1.165, 1.54) is 56.9 Å². The van der Waals surface area contributed by atoms with Gasteiger partial charge in [-0.1, -0.05) is 93.7 Å². The molecule has 0 aromatic heterocycles. The van der Waals surface area contributed by atoms with Crippen LogP contribution in [0.15, 0.2) is 54.6 Å². The molecule has 0 aliphatic rings. The monoisotopic (exact) mass is 384 g/mol. The molecular formula is C25H40N2O. The summed E-state index contributed by atoms with van der Waals surface area (Å²) in [4.78, 5) is 11.8. The summed E-state index contributed by atoms with van der Waals surface area (Å²) in [6.07, 6.45) is 23.1. The molecule has 1 aromatic rings. The number of amides is 1. The molecule has 1 aromatic carbocycles. The number of allylic oxidation sites excluding steroid dienone is 4. The van der Waals surface area contributed by atoms with E-state index in [0.717, 1.165) is 19.3 Å². The number of nitrogens with one attached hydrogen (secondary N) is 2. The van der Waals surface area contributed by atoms with Crippen molar-refractivity contribution in [2.24, 2.45) is 0 Å². The number of benzene rings is 1. The Kier molecular flexibility index (Phi) is 16.0. The Morgan fingerprint density at radius 1 is 0.821 bits per heavy atom. The second-order valence-corrected chi connectivity index (χ2v) is 7.37. The summed E-state index contributed by atoms with van der Waals surface area (Å²) in [5.41, 5.74) is 6.94. The number of rotatable bonds is 17. The molecule has 0 radical (unpaired) electrons. The first-order valence-corrected chi connectivity index (χ1v) is 11.2. The van der Waals surface area contributed by atoms with Crippen LogP contribution in [0.3, 0.4) is 0 Å². The molecule has 0 unspecified atom stereocenters. The van der Waals surface area contributed by atoms with Crippen LogP contribution in [0.25, 0.3) is 0 Å². The van der Waals surface area contributed by atoms with Crippen molar-refractivity contribution in [1.82, 2.24) is 10.9 Å². The minimum absolute atomic E-state index is 0.0848. The van der Waals surface area contributed by atoms with Gasteiger partial charge in [0.2, 0.25) is 5.91 Å². The first-order chi connectivity index (χ1) is 13.8. The molecule has 1 rings (SSSR count). The highest BCUT2D eigenvalue weighted by Gasteiger charge is 2.00. The molecule has 0 fully saturated rings. The molecule has 3 nitrogen and oxygen atoms in total. The Morgan fingerprint density at radius 3 is 2.18 bits per heavy atom. The average Bonchev–Trinajstić information content (AvgIpc) is 2.71. The van der Waals surface area contributed by atoms with Gasteiger partial charge >= 0.3 is 0 Å². The Labute approximate surface area is 172 Å². The van der Waals surface area contributed by atoms with Crippen LogP contribution < -0.4 is 10.9 Å². The summed E-state index contributed by atoms with van der Waals surface area (Å²) < 4.78 is 0. The number of unbranched alkanes of at least 4 members (excludes halogenated alkanes) is 8. The summed E-state index contributed by atoms with van der Waals surface area (Å²) in [5, 5.41) is 0. The first kappa shape index (κ1) is 24.2. The van der Waals surface area contributed by atoms with Crippen LogP contribution in [-0.4, -0.2) is 5.91 Å². The van der Waals surface area contributed by atoms with Crippen LogP contribution >= 0.6 is 0 Å². The van der Waals surface area contributed by atoms with Gasteiger partial charge in [0.25, 0.3) is 0 Å². The highest BCUT2D eigenvalue weighted by molar-refractivity contribution is 5.75. The predicted molar refractivity (Wildman–Crippen MR) is 121 cm³/mol. The molecule has 0 bridgehead atoms. The lowest BCUT2D eigenvalue weighted by Gasteiger charge is -2.07. The van der Waals surface area contributed by atoms with Gasteiger partial charge in [-0.05, 0) is 44.1 Å². The molecular weight excluding hydrogens is 344 g/mol. The second kappa shape index (κ2) is 18.5. The van der Waals surface area contributed by atoms with Crippen molar-refractivity contribution in [3.63, 3.8) is 0 Å². The molecule has 3 heteroatoms. The minimum Gasteiger partial charge on any atom is -0.291 e. The Balaban J connectivity index is 1.84. The zero-order chi connectivity index (χ0) is 20.1. The summed E-state index contributed by atoms with van der Waals surface area (Å²) in [6.45, 7) is 2.91. The van der Waals surface area contributed by atoms with Crippen molar-refractivity contribution < 1.29 is 4.79 Å². The van der Waals surface area contributed by atoms with Gasteiger partial charge in [-0.25, -0.2) is 5.43 Å². The lowest BCUT2D eigenvalue weighted by Crippen LogP contribution is -2.36. The van der Waals surface area contributed by atoms with Crippen molar-refractivity contribution in [2.45, 2.75) is 90.5 Å². The molecule has 0 saturated heterocycles. The van der Waals surface area contributed by atoms with Gasteiger partial charge in [0.15, 0.2) is 0 Å². The molecule has 2 N–H and O–H groups in total. The van der Waals surface area contributed by atoms with E-state index in [4.69, 9.17) is 0 Å². The normalized spacial score (nSPS) is 11.5. The number of hydrogen-bond acceptors (Lipinski definition) is 2. The van der Waals surface area contributed by atoms with E-state index in [1.54, 1.807) is 0 Å². The van der Waals surface area contributed by atoms with Crippen LogP contribution in [0, 0.1) is 0 Å². The smallest absolute Gasteiger partial charge is 0.234 e. The standard InChI is InChI=1S/C25H40N2O/c1-2-3-4-5-6-7-8-9-10-11-12-13-14-15-19-22-25(28)27-26-23-24-20-17-16-18-21-24/h6-7,9-10,16-18,20-21,26H,2-5,8,11-15,19,22-23H2,1H3,(H,27,28). The highest BCUT2D eigenvalue weighted by Crippen LogP contribution is 2.08. The second-order valence-electron chi connectivity index (χ2n) is 7.37. The molecule has 0 atom stereocenters. The maximum absolute atomic E-state index is 11.8. The molecule has 0 heterocycles. The van der Waals surface area contributed by atoms with Gasteiger partial charge in [-0.15, -0.1) is 0 Å². The maximum Gasteiger partial charge on any atom is 0.234 e. The molecule has 1 amide bonds. The zero-order valence-corrected chi connectivity index (χ0v) is 17.8. The van der Waals surface area contributed by atoms with Gasteiger partial charge in [0.05, 0.1) is 0 Å². The van der Waals surface area contributed by atoms with Crippen molar-refractivity contribution >= 4 is 5.91 Å². The maximum atomic E-state index is 11.8. The lowest BCUT2D eigenvalue weighted by atomic mass is 10.1. The van der Waals surface area contributed by atoms with E-state index in [-0.39, 0.29) is 5.91 Å². The van der Waals surface area contributed by atoms with Gasteiger partial charge in [0, 0.05) is 13.0 Å². The van der Waals surface area contributed by atoms with Crippen LogP contribution in [0.2, 0.25) is 0 Å². The van der Waals surface area contributed by atoms with E-state index >= 15 is 0 Å². The molecule has 156 valence electrons. The van der Waals surface area contributed by atoms with Crippen LogP contribution in [0.5, 0.6) is 0 Å². The third-order valence-corrected chi connectivity index (χ3v) is 4.72. The van der Waals surface area contributed by atoms with E-state index in [9.17, 15) is 4.79 Å². The fourth-order valence-electron chi connectivity index (χ4n) is 3.00. The number of carbonyl (C=O) groups excluding carboxylic acids is 1. The minimum atomic E-state index is 0.0848. The van der Waals surface area contributed by atoms with E-state index in [1.807, 2.05) is 30.3 Å². The highest BCUT2D eigenvalue weighted by atomic mass is 16.2. The zero-order valence-electron chi connectivity index (χ0n) is 17.8. The lowest BCUT2D eigenvalue weighted by molar-refractivity contribution is -0.122. The molecule has 0 aliphatic heterocycles. The number of carbonyl (C=O) groups is 1. The van der Waals surface area contributed by atoms with Gasteiger partial charge in [0.1, 0.15) is 0 Å². The van der Waals surface area contributed by atoms with Crippen LogP contribution in [-0.2, 0) is 11.3 Å². The van der Waals surface area contributed by atoms with Crippen LogP contribution in [0.4, 0.5) is 0 Å². The average molecular weight is 385 g/mol. The van der Waals surface area contributed by atoms with E-state index in [0.29, 0.717) is 13.0 Å². The molecule has 0 aliphatic carbocycles. The Bertz CT molecular complexity index is 537. The van der Waals surface area contributed by atoms with Gasteiger partial charge in [-0.2, -0.15) is 0 Å². The predicted octanol–water partition coefficient (Wildman–Crippen LogP) is 6.62. The quantitative estimate of drug-likeness (QED) is 0.180. The summed E-state index contributed by atoms with van der Waals surface area (Å²) in [5.74, 6) is 0.0848.